The summed E-state index contributed by atoms with van der Waals surface area (Å²) in [5.41, 5.74) is 4.56. The Morgan fingerprint density at radius 1 is 1.00 bits per heavy atom. The maximum absolute atomic E-state index is 5.49. The highest BCUT2D eigenvalue weighted by molar-refractivity contribution is 7.09. The average molecular weight is 369 g/mol. The van der Waals surface area contributed by atoms with Gasteiger partial charge < -0.3 is 14.8 Å². The summed E-state index contributed by atoms with van der Waals surface area (Å²) < 4.78 is 11.0. The van der Waals surface area contributed by atoms with Crippen molar-refractivity contribution in [1.29, 1.82) is 0 Å². The second-order valence-electron chi connectivity index (χ2n) is 5.92. The summed E-state index contributed by atoms with van der Waals surface area (Å²) in [4.78, 5) is 4.61. The van der Waals surface area contributed by atoms with Gasteiger partial charge in [-0.2, -0.15) is 0 Å². The van der Waals surface area contributed by atoms with Gasteiger partial charge in [-0.1, -0.05) is 37.3 Å². The SMILES string of the molecule is CCc1nc(CNCc2cc(OC)c(OC)cc2-c2ccccc2)cs1. The van der Waals surface area contributed by atoms with E-state index < -0.39 is 0 Å². The van der Waals surface area contributed by atoms with Crippen molar-refractivity contribution in [3.05, 3.63) is 64.1 Å². The van der Waals surface area contributed by atoms with Gasteiger partial charge in [-0.3, -0.25) is 0 Å². The molecule has 4 nitrogen and oxygen atoms in total. The van der Waals surface area contributed by atoms with Crippen LogP contribution in [0.5, 0.6) is 11.5 Å². The summed E-state index contributed by atoms with van der Waals surface area (Å²) >= 11 is 1.72. The quantitative estimate of drug-likeness (QED) is 0.627. The summed E-state index contributed by atoms with van der Waals surface area (Å²) in [6.45, 7) is 3.61. The predicted octanol–water partition coefficient (Wildman–Crippen LogP) is 4.68. The van der Waals surface area contributed by atoms with Gasteiger partial charge in [0.1, 0.15) is 0 Å². The second-order valence-corrected chi connectivity index (χ2v) is 6.86. The molecule has 136 valence electrons. The van der Waals surface area contributed by atoms with E-state index >= 15 is 0 Å². The van der Waals surface area contributed by atoms with Gasteiger partial charge in [-0.25, -0.2) is 4.98 Å². The minimum Gasteiger partial charge on any atom is -0.493 e. The molecule has 0 aliphatic heterocycles. The number of aryl methyl sites for hydroxylation is 1. The smallest absolute Gasteiger partial charge is 0.161 e. The first-order valence-corrected chi connectivity index (χ1v) is 9.57. The maximum Gasteiger partial charge on any atom is 0.161 e. The number of ether oxygens (including phenoxy) is 2. The summed E-state index contributed by atoms with van der Waals surface area (Å²) in [7, 11) is 3.33. The van der Waals surface area contributed by atoms with Crippen LogP contribution in [0, 0.1) is 0 Å². The zero-order chi connectivity index (χ0) is 18.4. The fraction of sp³-hybridized carbons (Fsp3) is 0.286. The molecular formula is C21H24N2O2S. The van der Waals surface area contributed by atoms with E-state index in [-0.39, 0.29) is 0 Å². The molecule has 0 fully saturated rings. The molecule has 0 aliphatic rings. The topological polar surface area (TPSA) is 43.4 Å². The van der Waals surface area contributed by atoms with Crippen LogP contribution in [0.25, 0.3) is 11.1 Å². The van der Waals surface area contributed by atoms with E-state index in [1.54, 1.807) is 25.6 Å². The van der Waals surface area contributed by atoms with Gasteiger partial charge in [0, 0.05) is 18.5 Å². The number of methoxy groups -OCH3 is 2. The third-order valence-corrected chi connectivity index (χ3v) is 5.26. The van der Waals surface area contributed by atoms with E-state index in [1.165, 1.54) is 10.6 Å². The summed E-state index contributed by atoms with van der Waals surface area (Å²) in [5, 5.41) is 6.80. The van der Waals surface area contributed by atoms with Gasteiger partial charge in [-0.05, 0) is 35.2 Å². The molecule has 0 saturated heterocycles. The normalized spacial score (nSPS) is 10.7. The van der Waals surface area contributed by atoms with Gasteiger partial charge in [0.2, 0.25) is 0 Å². The summed E-state index contributed by atoms with van der Waals surface area (Å²) in [6, 6.07) is 14.4. The van der Waals surface area contributed by atoms with E-state index in [2.05, 4.69) is 34.7 Å². The minimum atomic E-state index is 0.726. The lowest BCUT2D eigenvalue weighted by Crippen LogP contribution is -2.14. The molecule has 3 aromatic rings. The van der Waals surface area contributed by atoms with Crippen molar-refractivity contribution in [2.75, 3.05) is 14.2 Å². The van der Waals surface area contributed by atoms with Gasteiger partial charge in [-0.15, -0.1) is 11.3 Å². The standard InChI is InChI=1S/C21H24N2O2S/c1-4-21-23-17(14-26-21)13-22-12-16-10-19(24-2)20(25-3)11-18(16)15-8-6-5-7-9-15/h5-11,14,22H,4,12-13H2,1-3H3. The number of thiazole rings is 1. The fourth-order valence-electron chi connectivity index (χ4n) is 2.87. The lowest BCUT2D eigenvalue weighted by molar-refractivity contribution is 0.354. The van der Waals surface area contributed by atoms with E-state index in [9.17, 15) is 0 Å². The predicted molar refractivity (Wildman–Crippen MR) is 107 cm³/mol. The molecule has 0 atom stereocenters. The van der Waals surface area contributed by atoms with Gasteiger partial charge >= 0.3 is 0 Å². The Hall–Kier alpha value is -2.37. The van der Waals surface area contributed by atoms with Crippen LogP contribution in [0.15, 0.2) is 47.8 Å². The summed E-state index contributed by atoms with van der Waals surface area (Å²) in [5.74, 6) is 1.48. The van der Waals surface area contributed by atoms with Gasteiger partial charge in [0.05, 0.1) is 24.9 Å². The number of hydrogen-bond acceptors (Lipinski definition) is 5. The fourth-order valence-corrected chi connectivity index (χ4v) is 3.62. The molecule has 2 aromatic carbocycles. The Morgan fingerprint density at radius 3 is 2.38 bits per heavy atom. The molecule has 3 rings (SSSR count). The van der Waals surface area contributed by atoms with Crippen LogP contribution in [-0.4, -0.2) is 19.2 Å². The zero-order valence-corrected chi connectivity index (χ0v) is 16.2. The molecule has 1 heterocycles. The van der Waals surface area contributed by atoms with Crippen molar-refractivity contribution in [1.82, 2.24) is 10.3 Å². The Labute approximate surface area is 158 Å². The molecular weight excluding hydrogens is 344 g/mol. The Kier molecular flexibility index (Phi) is 6.26. The molecule has 0 aliphatic carbocycles. The molecule has 0 unspecified atom stereocenters. The lowest BCUT2D eigenvalue weighted by atomic mass is 9.98. The van der Waals surface area contributed by atoms with E-state index in [4.69, 9.17) is 9.47 Å². The first-order chi connectivity index (χ1) is 12.7. The van der Waals surface area contributed by atoms with Crippen LogP contribution >= 0.6 is 11.3 Å². The highest BCUT2D eigenvalue weighted by Gasteiger charge is 2.13. The highest BCUT2D eigenvalue weighted by atomic mass is 32.1. The Bertz CT molecular complexity index is 846. The van der Waals surface area contributed by atoms with Crippen molar-refractivity contribution in [3.63, 3.8) is 0 Å². The molecule has 26 heavy (non-hydrogen) atoms. The van der Waals surface area contributed by atoms with Crippen molar-refractivity contribution >= 4 is 11.3 Å². The van der Waals surface area contributed by atoms with Gasteiger partial charge in [0.15, 0.2) is 11.5 Å². The average Bonchev–Trinajstić information content (AvgIpc) is 3.16. The first-order valence-electron chi connectivity index (χ1n) is 8.69. The molecule has 0 amide bonds. The van der Waals surface area contributed by atoms with Crippen LogP contribution < -0.4 is 14.8 Å². The van der Waals surface area contributed by atoms with Crippen molar-refractivity contribution in [2.45, 2.75) is 26.4 Å². The number of rotatable bonds is 8. The first kappa shape index (κ1) is 18.4. The number of nitrogens with one attached hydrogen (secondary N) is 1. The number of benzene rings is 2. The molecule has 1 N–H and O–H groups in total. The van der Waals surface area contributed by atoms with E-state index in [0.717, 1.165) is 47.8 Å². The van der Waals surface area contributed by atoms with Crippen molar-refractivity contribution < 1.29 is 9.47 Å². The van der Waals surface area contributed by atoms with E-state index in [1.807, 2.05) is 30.3 Å². The van der Waals surface area contributed by atoms with Crippen LogP contribution in [0.3, 0.4) is 0 Å². The zero-order valence-electron chi connectivity index (χ0n) is 15.4. The third kappa shape index (κ3) is 4.23. The largest absolute Gasteiger partial charge is 0.493 e. The molecule has 0 radical (unpaired) electrons. The van der Waals surface area contributed by atoms with E-state index in [0.29, 0.717) is 0 Å². The molecule has 1 aromatic heterocycles. The minimum absolute atomic E-state index is 0.726. The Morgan fingerprint density at radius 2 is 1.73 bits per heavy atom. The lowest BCUT2D eigenvalue weighted by Gasteiger charge is -2.15. The molecule has 5 heteroatoms. The van der Waals surface area contributed by atoms with Crippen molar-refractivity contribution in [2.24, 2.45) is 0 Å². The van der Waals surface area contributed by atoms with Crippen LogP contribution in [0.4, 0.5) is 0 Å². The third-order valence-electron chi connectivity index (χ3n) is 4.22. The number of aromatic nitrogens is 1. The maximum atomic E-state index is 5.49. The number of hydrogen-bond donors (Lipinski definition) is 1. The van der Waals surface area contributed by atoms with Crippen LogP contribution in [0.2, 0.25) is 0 Å². The Balaban J connectivity index is 1.84. The van der Waals surface area contributed by atoms with Crippen LogP contribution in [-0.2, 0) is 19.5 Å². The molecule has 0 spiro atoms. The monoisotopic (exact) mass is 368 g/mol. The molecule has 0 bridgehead atoms. The summed E-state index contributed by atoms with van der Waals surface area (Å²) in [6.07, 6.45) is 0.985. The van der Waals surface area contributed by atoms with Crippen LogP contribution in [0.1, 0.15) is 23.2 Å². The molecule has 0 saturated carbocycles. The van der Waals surface area contributed by atoms with Crippen molar-refractivity contribution in [3.8, 4) is 22.6 Å². The van der Waals surface area contributed by atoms with Gasteiger partial charge in [0.25, 0.3) is 0 Å². The number of nitrogens with zero attached hydrogens (tertiary/aromatic N) is 1. The highest BCUT2D eigenvalue weighted by Crippen LogP contribution is 2.35. The second kappa shape index (κ2) is 8.83.